The van der Waals surface area contributed by atoms with Gasteiger partial charge in [0, 0.05) is 5.38 Å². The number of nitrogens with one attached hydrogen (secondary N) is 1. The number of nitro groups is 1. The van der Waals surface area contributed by atoms with Crippen LogP contribution in [0.3, 0.4) is 0 Å². The highest BCUT2D eigenvalue weighted by Crippen LogP contribution is 2.28. The molecule has 100 valence electrons. The fourth-order valence-electron chi connectivity index (χ4n) is 1.69. The molecule has 20 heavy (non-hydrogen) atoms. The van der Waals surface area contributed by atoms with E-state index in [1.807, 2.05) is 0 Å². The number of carbonyl (C=O) groups excluding carboxylic acids is 1. The first-order valence-corrected chi connectivity index (χ1v) is 6.40. The highest BCUT2D eigenvalue weighted by molar-refractivity contribution is 7.13. The molecular weight excluding hydrogens is 282 g/mol. The quantitative estimate of drug-likeness (QED) is 0.454. The topological polar surface area (TPSA) is 98.1 Å². The van der Waals surface area contributed by atoms with Crippen molar-refractivity contribution in [2.24, 2.45) is 0 Å². The number of H-pyrrole nitrogens is 1. The Bertz CT molecular complexity index is 808. The van der Waals surface area contributed by atoms with Gasteiger partial charge in [-0.25, -0.2) is 9.78 Å². The zero-order valence-corrected chi connectivity index (χ0v) is 10.7. The molecule has 0 atom stereocenters. The highest BCUT2D eigenvalue weighted by Gasteiger charge is 2.15. The number of nitrogens with zero attached hydrogens (tertiary/aromatic N) is 2. The molecule has 7 nitrogen and oxygen atoms in total. The predicted molar refractivity (Wildman–Crippen MR) is 72.0 cm³/mol. The Morgan fingerprint density at radius 2 is 2.25 bits per heavy atom. The van der Waals surface area contributed by atoms with Gasteiger partial charge in [-0.2, -0.15) is 0 Å². The molecule has 3 aromatic rings. The summed E-state index contributed by atoms with van der Waals surface area (Å²) in [4.78, 5) is 28.9. The van der Waals surface area contributed by atoms with Gasteiger partial charge in [-0.05, 0) is 18.2 Å². The van der Waals surface area contributed by atoms with E-state index in [4.69, 9.17) is 4.74 Å². The first kappa shape index (κ1) is 12.3. The number of ether oxygens (including phenoxy) is 1. The van der Waals surface area contributed by atoms with Crippen LogP contribution in [0, 0.1) is 10.1 Å². The van der Waals surface area contributed by atoms with Crippen molar-refractivity contribution in [2.45, 2.75) is 0 Å². The van der Waals surface area contributed by atoms with Gasteiger partial charge in [0.2, 0.25) is 0 Å². The molecule has 0 aliphatic heterocycles. The third kappa shape index (κ3) is 2.24. The van der Waals surface area contributed by atoms with E-state index in [1.165, 1.54) is 17.8 Å². The van der Waals surface area contributed by atoms with Crippen LogP contribution in [0.1, 0.15) is 10.4 Å². The van der Waals surface area contributed by atoms with E-state index in [1.54, 1.807) is 18.2 Å². The summed E-state index contributed by atoms with van der Waals surface area (Å²) in [6, 6.07) is 6.12. The molecule has 0 saturated heterocycles. The third-order valence-electron chi connectivity index (χ3n) is 2.61. The summed E-state index contributed by atoms with van der Waals surface area (Å²) in [5.41, 5.74) is 1.80. The molecule has 2 heterocycles. The first-order valence-electron chi connectivity index (χ1n) is 5.52. The molecule has 0 amide bonds. The Labute approximate surface area is 116 Å². The summed E-state index contributed by atoms with van der Waals surface area (Å²) >= 11 is 0.906. The molecule has 0 fully saturated rings. The molecule has 0 radical (unpaired) electrons. The van der Waals surface area contributed by atoms with E-state index in [0.717, 1.165) is 22.4 Å². The molecule has 8 heteroatoms. The van der Waals surface area contributed by atoms with Crippen LogP contribution in [0.15, 0.2) is 36.0 Å². The van der Waals surface area contributed by atoms with Crippen molar-refractivity contribution in [3.05, 3.63) is 51.7 Å². The number of hydrogen-bond donors (Lipinski definition) is 1. The van der Waals surface area contributed by atoms with E-state index in [2.05, 4.69) is 9.97 Å². The fraction of sp³-hybridized carbons (Fsp3) is 0. The lowest BCUT2D eigenvalue weighted by molar-refractivity contribution is -0.380. The number of rotatable bonds is 3. The van der Waals surface area contributed by atoms with E-state index < -0.39 is 10.9 Å². The lowest BCUT2D eigenvalue weighted by Crippen LogP contribution is -2.07. The summed E-state index contributed by atoms with van der Waals surface area (Å²) in [6.07, 6.45) is 1.53. The molecule has 2 aromatic heterocycles. The molecule has 3 rings (SSSR count). The average molecular weight is 289 g/mol. The Balaban J connectivity index is 1.82. The summed E-state index contributed by atoms with van der Waals surface area (Å²) in [5, 5.41) is 11.9. The highest BCUT2D eigenvalue weighted by atomic mass is 32.1. The number of benzene rings is 1. The minimum atomic E-state index is -0.575. The zero-order valence-electron chi connectivity index (χ0n) is 9.90. The maximum atomic E-state index is 11.9. The lowest BCUT2D eigenvalue weighted by atomic mass is 10.2. The summed E-state index contributed by atoms with van der Waals surface area (Å²) in [5.74, 6) is -0.411. The van der Waals surface area contributed by atoms with Crippen molar-refractivity contribution >= 4 is 33.3 Å². The van der Waals surface area contributed by atoms with Crippen molar-refractivity contribution in [1.82, 2.24) is 9.97 Å². The average Bonchev–Trinajstić information content (AvgIpc) is 3.05. The molecule has 1 N–H and O–H groups in total. The van der Waals surface area contributed by atoms with Crippen LogP contribution in [0.4, 0.5) is 5.00 Å². The Morgan fingerprint density at radius 1 is 1.40 bits per heavy atom. The monoisotopic (exact) mass is 289 g/mol. The van der Waals surface area contributed by atoms with Crippen LogP contribution in [-0.2, 0) is 0 Å². The van der Waals surface area contributed by atoms with Crippen molar-refractivity contribution in [3.63, 3.8) is 0 Å². The van der Waals surface area contributed by atoms with Crippen LogP contribution >= 0.6 is 11.3 Å². The van der Waals surface area contributed by atoms with Crippen LogP contribution in [-0.4, -0.2) is 20.9 Å². The SMILES string of the molecule is O=C(Oc1csc([N+](=O)[O-])c1)c1ccc2nc[nH]c2c1. The lowest BCUT2D eigenvalue weighted by Gasteiger charge is -2.01. The van der Waals surface area contributed by atoms with Crippen LogP contribution in [0.25, 0.3) is 11.0 Å². The van der Waals surface area contributed by atoms with E-state index in [0.29, 0.717) is 5.56 Å². The first-order chi connectivity index (χ1) is 9.63. The van der Waals surface area contributed by atoms with Gasteiger partial charge in [-0.1, -0.05) is 11.3 Å². The molecule has 0 saturated carbocycles. The van der Waals surface area contributed by atoms with Gasteiger partial charge in [0.05, 0.1) is 33.9 Å². The molecule has 0 bridgehead atoms. The van der Waals surface area contributed by atoms with Crippen molar-refractivity contribution in [1.29, 1.82) is 0 Å². The minimum Gasteiger partial charge on any atom is -0.422 e. The van der Waals surface area contributed by atoms with E-state index in [9.17, 15) is 14.9 Å². The predicted octanol–water partition coefficient (Wildman–Crippen LogP) is 2.75. The van der Waals surface area contributed by atoms with Gasteiger partial charge in [0.15, 0.2) is 0 Å². The van der Waals surface area contributed by atoms with Crippen LogP contribution < -0.4 is 4.74 Å². The maximum absolute atomic E-state index is 11.9. The number of aromatic nitrogens is 2. The van der Waals surface area contributed by atoms with Gasteiger partial charge in [-0.15, -0.1) is 0 Å². The molecule has 0 aliphatic rings. The van der Waals surface area contributed by atoms with Crippen molar-refractivity contribution in [2.75, 3.05) is 0 Å². The molecule has 1 aromatic carbocycles. The molecule has 0 spiro atoms. The molecular formula is C12H7N3O4S. The molecule has 0 unspecified atom stereocenters. The van der Waals surface area contributed by atoms with Crippen molar-refractivity contribution < 1.29 is 14.5 Å². The van der Waals surface area contributed by atoms with Crippen molar-refractivity contribution in [3.8, 4) is 5.75 Å². The minimum absolute atomic E-state index is 0.0724. The largest absolute Gasteiger partial charge is 0.422 e. The second kappa shape index (κ2) is 4.74. The molecule has 0 aliphatic carbocycles. The zero-order chi connectivity index (χ0) is 14.1. The number of hydrogen-bond acceptors (Lipinski definition) is 6. The normalized spacial score (nSPS) is 10.6. The van der Waals surface area contributed by atoms with Crippen LogP contribution in [0.2, 0.25) is 0 Å². The number of fused-ring (bicyclic) bond motifs is 1. The number of carbonyl (C=O) groups is 1. The van der Waals surface area contributed by atoms with Gasteiger partial charge < -0.3 is 9.72 Å². The Morgan fingerprint density at radius 3 is 3.00 bits per heavy atom. The fourth-order valence-corrected chi connectivity index (χ4v) is 2.31. The number of imidazole rings is 1. The van der Waals surface area contributed by atoms with E-state index in [-0.39, 0.29) is 10.8 Å². The smallest absolute Gasteiger partial charge is 0.343 e. The summed E-state index contributed by atoms with van der Waals surface area (Å²) in [7, 11) is 0. The third-order valence-corrected chi connectivity index (χ3v) is 3.47. The number of aromatic amines is 1. The van der Waals surface area contributed by atoms with Gasteiger partial charge in [0.1, 0.15) is 5.75 Å². The summed E-state index contributed by atoms with van der Waals surface area (Å²) < 4.78 is 5.09. The second-order valence-corrected chi connectivity index (χ2v) is 4.79. The summed E-state index contributed by atoms with van der Waals surface area (Å²) in [6.45, 7) is 0. The Hall–Kier alpha value is -2.74. The van der Waals surface area contributed by atoms with Gasteiger partial charge >= 0.3 is 11.0 Å². The Kier molecular flexibility index (Phi) is 2.92. The number of thiophene rings is 1. The van der Waals surface area contributed by atoms with Gasteiger partial charge in [0.25, 0.3) is 0 Å². The maximum Gasteiger partial charge on any atom is 0.343 e. The number of esters is 1. The van der Waals surface area contributed by atoms with Crippen LogP contribution in [0.5, 0.6) is 5.75 Å². The standard InChI is InChI=1S/C12H7N3O4S/c16-12(19-8-4-11(15(17)18)20-5-8)7-1-2-9-10(3-7)14-6-13-9/h1-6H,(H,13,14). The van der Waals surface area contributed by atoms with Gasteiger partial charge in [-0.3, -0.25) is 10.1 Å². The second-order valence-electron chi connectivity index (χ2n) is 3.90. The van der Waals surface area contributed by atoms with E-state index >= 15 is 0 Å².